The molecule has 0 amide bonds. The molecule has 0 radical (unpaired) electrons. The normalized spacial score (nSPS) is 23.5. The first-order valence-electron chi connectivity index (χ1n) is 5.61. The Balaban J connectivity index is 1.61. The summed E-state index contributed by atoms with van der Waals surface area (Å²) in [6.07, 6.45) is 1.89. The number of rotatable bonds is 2. The Morgan fingerprint density at radius 1 is 1.47 bits per heavy atom. The monoisotopic (exact) mass is 203 g/mol. The molecular weight excluding hydrogens is 186 g/mol. The molecule has 2 saturated heterocycles. The van der Waals surface area contributed by atoms with Gasteiger partial charge in [-0.1, -0.05) is 6.07 Å². The maximum Gasteiger partial charge on any atom is 0.0573 e. The molecule has 0 bridgehead atoms. The molecule has 15 heavy (non-hydrogen) atoms. The van der Waals surface area contributed by atoms with Gasteiger partial charge in [0, 0.05) is 44.3 Å². The first-order valence-corrected chi connectivity index (χ1v) is 5.61. The molecule has 1 aromatic rings. The van der Waals surface area contributed by atoms with Crippen LogP contribution in [0, 0.1) is 12.3 Å². The van der Waals surface area contributed by atoms with Crippen LogP contribution in [-0.2, 0) is 6.54 Å². The average Bonchev–Trinajstić information content (AvgIpc) is 2.10. The highest BCUT2D eigenvalue weighted by molar-refractivity contribution is 5.18. The summed E-state index contributed by atoms with van der Waals surface area (Å²) in [4.78, 5) is 6.93. The fourth-order valence-corrected chi connectivity index (χ4v) is 2.61. The number of aryl methyl sites for hydroxylation is 1. The number of hydrogen-bond acceptors (Lipinski definition) is 3. The van der Waals surface area contributed by atoms with Crippen molar-refractivity contribution in [3.63, 3.8) is 0 Å². The van der Waals surface area contributed by atoms with Crippen LogP contribution in [0.4, 0.5) is 0 Å². The minimum absolute atomic E-state index is 0.628. The molecule has 1 N–H and O–H groups in total. The van der Waals surface area contributed by atoms with Gasteiger partial charge in [-0.25, -0.2) is 0 Å². The molecule has 0 aromatic carbocycles. The van der Waals surface area contributed by atoms with Crippen molar-refractivity contribution in [3.05, 3.63) is 29.6 Å². The molecule has 0 atom stereocenters. The third kappa shape index (κ3) is 1.56. The molecule has 3 rings (SSSR count). The second-order valence-corrected chi connectivity index (χ2v) is 5.02. The van der Waals surface area contributed by atoms with Gasteiger partial charge in [0.15, 0.2) is 0 Å². The van der Waals surface area contributed by atoms with E-state index in [1.54, 1.807) is 0 Å². The molecule has 0 aliphatic carbocycles. The fourth-order valence-electron chi connectivity index (χ4n) is 2.61. The highest BCUT2D eigenvalue weighted by Crippen LogP contribution is 2.34. The highest BCUT2D eigenvalue weighted by Gasteiger charge is 2.47. The second-order valence-electron chi connectivity index (χ2n) is 5.02. The van der Waals surface area contributed by atoms with Gasteiger partial charge in [0.05, 0.1) is 5.69 Å². The molecule has 80 valence electrons. The zero-order valence-electron chi connectivity index (χ0n) is 9.16. The van der Waals surface area contributed by atoms with Crippen molar-refractivity contribution in [1.82, 2.24) is 15.2 Å². The first kappa shape index (κ1) is 9.31. The first-order chi connectivity index (χ1) is 7.27. The van der Waals surface area contributed by atoms with E-state index in [9.17, 15) is 0 Å². The van der Waals surface area contributed by atoms with E-state index >= 15 is 0 Å². The van der Waals surface area contributed by atoms with Crippen molar-refractivity contribution in [2.45, 2.75) is 13.5 Å². The molecule has 2 aliphatic heterocycles. The van der Waals surface area contributed by atoms with Gasteiger partial charge in [-0.2, -0.15) is 0 Å². The van der Waals surface area contributed by atoms with E-state index in [1.807, 2.05) is 12.3 Å². The van der Waals surface area contributed by atoms with Crippen LogP contribution in [0.25, 0.3) is 0 Å². The standard InChI is InChI=1S/C12H17N3/c1-10-3-2-4-14-11(10)5-15-8-12(9-15)6-13-7-12/h2-4,13H,5-9H2,1H3. The Bertz CT molecular complexity index is 363. The number of pyridine rings is 1. The third-order valence-electron chi connectivity index (χ3n) is 3.61. The molecule has 0 unspecified atom stereocenters. The number of likely N-dealkylation sites (tertiary alicyclic amines) is 1. The SMILES string of the molecule is Cc1cccnc1CN1CC2(CNC2)C1. The van der Waals surface area contributed by atoms with Crippen molar-refractivity contribution in [3.8, 4) is 0 Å². The molecular formula is C12H17N3. The maximum absolute atomic E-state index is 4.43. The van der Waals surface area contributed by atoms with E-state index in [-0.39, 0.29) is 0 Å². The van der Waals surface area contributed by atoms with E-state index in [0.29, 0.717) is 5.41 Å². The summed E-state index contributed by atoms with van der Waals surface area (Å²) in [5.41, 5.74) is 3.17. The lowest BCUT2D eigenvalue weighted by molar-refractivity contribution is -0.0451. The second kappa shape index (κ2) is 3.29. The van der Waals surface area contributed by atoms with Crippen LogP contribution in [0.5, 0.6) is 0 Å². The molecule has 2 aliphatic rings. The van der Waals surface area contributed by atoms with Crippen molar-refractivity contribution < 1.29 is 0 Å². The molecule has 3 heteroatoms. The van der Waals surface area contributed by atoms with E-state index in [0.717, 1.165) is 6.54 Å². The number of nitrogens with zero attached hydrogens (tertiary/aromatic N) is 2. The Morgan fingerprint density at radius 3 is 2.87 bits per heavy atom. The van der Waals surface area contributed by atoms with E-state index in [2.05, 4.69) is 28.2 Å². The minimum atomic E-state index is 0.628. The third-order valence-corrected chi connectivity index (χ3v) is 3.61. The van der Waals surface area contributed by atoms with Gasteiger partial charge in [0.2, 0.25) is 0 Å². The Hall–Kier alpha value is -0.930. The maximum atomic E-state index is 4.43. The highest BCUT2D eigenvalue weighted by atomic mass is 15.3. The molecule has 1 spiro atoms. The lowest BCUT2D eigenvalue weighted by Gasteiger charge is -2.56. The number of nitrogens with one attached hydrogen (secondary N) is 1. The average molecular weight is 203 g/mol. The van der Waals surface area contributed by atoms with Gasteiger partial charge >= 0.3 is 0 Å². The van der Waals surface area contributed by atoms with Gasteiger partial charge in [-0.05, 0) is 18.6 Å². The van der Waals surface area contributed by atoms with Crippen molar-refractivity contribution >= 4 is 0 Å². The van der Waals surface area contributed by atoms with Crippen molar-refractivity contribution in [2.75, 3.05) is 26.2 Å². The fraction of sp³-hybridized carbons (Fsp3) is 0.583. The van der Waals surface area contributed by atoms with E-state index in [4.69, 9.17) is 0 Å². The Kier molecular flexibility index (Phi) is 2.04. The molecule has 2 fully saturated rings. The van der Waals surface area contributed by atoms with Crippen LogP contribution in [0.3, 0.4) is 0 Å². The van der Waals surface area contributed by atoms with Gasteiger partial charge in [0.1, 0.15) is 0 Å². The topological polar surface area (TPSA) is 28.2 Å². The quantitative estimate of drug-likeness (QED) is 0.770. The van der Waals surface area contributed by atoms with Crippen molar-refractivity contribution in [2.24, 2.45) is 5.41 Å². The summed E-state index contributed by atoms with van der Waals surface area (Å²) in [5.74, 6) is 0. The largest absolute Gasteiger partial charge is 0.315 e. The van der Waals surface area contributed by atoms with Crippen LogP contribution < -0.4 is 5.32 Å². The summed E-state index contributed by atoms with van der Waals surface area (Å²) < 4.78 is 0. The van der Waals surface area contributed by atoms with Gasteiger partial charge in [0.25, 0.3) is 0 Å². The smallest absolute Gasteiger partial charge is 0.0573 e. The predicted octanol–water partition coefficient (Wildman–Crippen LogP) is 0.795. The molecule has 1 aromatic heterocycles. The van der Waals surface area contributed by atoms with E-state index < -0.39 is 0 Å². The van der Waals surface area contributed by atoms with Crippen LogP contribution in [-0.4, -0.2) is 36.1 Å². The predicted molar refractivity (Wildman–Crippen MR) is 59.6 cm³/mol. The zero-order chi connectivity index (χ0) is 10.3. The lowest BCUT2D eigenvalue weighted by Crippen LogP contribution is -2.70. The number of aromatic nitrogens is 1. The van der Waals surface area contributed by atoms with Crippen LogP contribution in [0.15, 0.2) is 18.3 Å². The van der Waals surface area contributed by atoms with E-state index in [1.165, 1.54) is 37.4 Å². The zero-order valence-corrected chi connectivity index (χ0v) is 9.16. The van der Waals surface area contributed by atoms with Gasteiger partial charge < -0.3 is 5.32 Å². The molecule has 3 nitrogen and oxygen atoms in total. The molecule has 3 heterocycles. The van der Waals surface area contributed by atoms with Gasteiger partial charge in [-0.15, -0.1) is 0 Å². The van der Waals surface area contributed by atoms with Crippen molar-refractivity contribution in [1.29, 1.82) is 0 Å². The minimum Gasteiger partial charge on any atom is -0.315 e. The summed E-state index contributed by atoms with van der Waals surface area (Å²) >= 11 is 0. The Labute approximate surface area is 90.5 Å². The summed E-state index contributed by atoms with van der Waals surface area (Å²) in [7, 11) is 0. The Morgan fingerprint density at radius 2 is 2.27 bits per heavy atom. The van der Waals surface area contributed by atoms with Crippen LogP contribution >= 0.6 is 0 Å². The summed E-state index contributed by atoms with van der Waals surface area (Å²) in [5, 5.41) is 3.36. The number of hydrogen-bond donors (Lipinski definition) is 1. The molecule has 0 saturated carbocycles. The summed E-state index contributed by atoms with van der Waals surface area (Å²) in [6.45, 7) is 8.08. The van der Waals surface area contributed by atoms with Crippen LogP contribution in [0.1, 0.15) is 11.3 Å². The van der Waals surface area contributed by atoms with Crippen LogP contribution in [0.2, 0.25) is 0 Å². The van der Waals surface area contributed by atoms with Gasteiger partial charge in [-0.3, -0.25) is 9.88 Å². The lowest BCUT2D eigenvalue weighted by atomic mass is 9.74. The summed E-state index contributed by atoms with van der Waals surface area (Å²) in [6, 6.07) is 4.15.